The highest BCUT2D eigenvalue weighted by Gasteiger charge is 2.30. The molecule has 0 aliphatic heterocycles. The number of amides is 1. The Labute approximate surface area is 154 Å². The number of hydrogen-bond donors (Lipinski definition) is 1. The Morgan fingerprint density at radius 1 is 1.04 bits per heavy atom. The van der Waals surface area contributed by atoms with Gasteiger partial charge in [-0.2, -0.15) is 0 Å². The highest BCUT2D eigenvalue weighted by atomic mass is 32.2. The SMILES string of the molecule is CN(C(=O)CNc1ccc(S(=O)(=O)C2CCCC2)cc1)c1ccccc1. The van der Waals surface area contributed by atoms with E-state index in [0.717, 1.165) is 37.1 Å². The first-order valence-electron chi connectivity index (χ1n) is 8.88. The van der Waals surface area contributed by atoms with Gasteiger partial charge in [0.05, 0.1) is 16.7 Å². The summed E-state index contributed by atoms with van der Waals surface area (Å²) in [6.45, 7) is 0.139. The Hall–Kier alpha value is -2.34. The summed E-state index contributed by atoms with van der Waals surface area (Å²) in [5, 5.41) is 2.81. The van der Waals surface area contributed by atoms with Crippen LogP contribution in [-0.2, 0) is 14.6 Å². The summed E-state index contributed by atoms with van der Waals surface area (Å²) in [6, 6.07) is 16.1. The molecule has 0 radical (unpaired) electrons. The monoisotopic (exact) mass is 372 g/mol. The third kappa shape index (κ3) is 4.07. The fourth-order valence-electron chi connectivity index (χ4n) is 3.25. The van der Waals surface area contributed by atoms with Gasteiger partial charge in [0.15, 0.2) is 9.84 Å². The third-order valence-electron chi connectivity index (χ3n) is 4.89. The van der Waals surface area contributed by atoms with Crippen molar-refractivity contribution in [2.45, 2.75) is 35.8 Å². The molecule has 5 nitrogen and oxygen atoms in total. The number of carbonyl (C=O) groups excluding carboxylic acids is 1. The first-order valence-corrected chi connectivity index (χ1v) is 10.4. The zero-order valence-corrected chi connectivity index (χ0v) is 15.7. The van der Waals surface area contributed by atoms with Gasteiger partial charge in [-0.15, -0.1) is 0 Å². The van der Waals surface area contributed by atoms with Gasteiger partial charge in [0.1, 0.15) is 0 Å². The van der Waals surface area contributed by atoms with Gasteiger partial charge in [0.25, 0.3) is 0 Å². The fourth-order valence-corrected chi connectivity index (χ4v) is 5.10. The van der Waals surface area contributed by atoms with Gasteiger partial charge in [-0.1, -0.05) is 31.0 Å². The van der Waals surface area contributed by atoms with Crippen LogP contribution in [-0.4, -0.2) is 33.2 Å². The number of nitrogens with one attached hydrogen (secondary N) is 1. The number of rotatable bonds is 6. The van der Waals surface area contributed by atoms with Crippen molar-refractivity contribution in [3.8, 4) is 0 Å². The normalized spacial score (nSPS) is 15.0. The Morgan fingerprint density at radius 2 is 1.65 bits per heavy atom. The van der Waals surface area contributed by atoms with Crippen LogP contribution in [0.5, 0.6) is 0 Å². The van der Waals surface area contributed by atoms with Crippen molar-refractivity contribution in [2.75, 3.05) is 23.8 Å². The largest absolute Gasteiger partial charge is 0.376 e. The molecular weight excluding hydrogens is 348 g/mol. The summed E-state index contributed by atoms with van der Waals surface area (Å²) in [5.41, 5.74) is 1.56. The lowest BCUT2D eigenvalue weighted by atomic mass is 10.3. The quantitative estimate of drug-likeness (QED) is 0.843. The topological polar surface area (TPSA) is 66.5 Å². The van der Waals surface area contributed by atoms with Crippen LogP contribution in [0.1, 0.15) is 25.7 Å². The van der Waals surface area contributed by atoms with Gasteiger partial charge >= 0.3 is 0 Å². The number of sulfone groups is 1. The molecule has 3 rings (SSSR count). The second-order valence-electron chi connectivity index (χ2n) is 6.62. The highest BCUT2D eigenvalue weighted by molar-refractivity contribution is 7.92. The lowest BCUT2D eigenvalue weighted by Gasteiger charge is -2.18. The van der Waals surface area contributed by atoms with Gasteiger partial charge < -0.3 is 10.2 Å². The summed E-state index contributed by atoms with van der Waals surface area (Å²) in [7, 11) is -1.51. The van der Waals surface area contributed by atoms with Crippen molar-refractivity contribution < 1.29 is 13.2 Å². The van der Waals surface area contributed by atoms with Crippen molar-refractivity contribution in [1.82, 2.24) is 0 Å². The molecule has 1 N–H and O–H groups in total. The van der Waals surface area contributed by atoms with Crippen LogP contribution in [0.2, 0.25) is 0 Å². The Morgan fingerprint density at radius 3 is 2.27 bits per heavy atom. The molecular formula is C20H24N2O3S. The van der Waals surface area contributed by atoms with Gasteiger partial charge in [0.2, 0.25) is 5.91 Å². The number of nitrogens with zero attached hydrogens (tertiary/aromatic N) is 1. The van der Waals surface area contributed by atoms with Crippen molar-refractivity contribution in [3.05, 3.63) is 54.6 Å². The minimum absolute atomic E-state index is 0.0705. The van der Waals surface area contributed by atoms with Crippen LogP contribution >= 0.6 is 0 Å². The predicted molar refractivity (Wildman–Crippen MR) is 104 cm³/mol. The minimum atomic E-state index is -3.24. The fraction of sp³-hybridized carbons (Fsp3) is 0.350. The van der Waals surface area contributed by atoms with Crippen LogP contribution in [0.3, 0.4) is 0 Å². The maximum atomic E-state index is 12.6. The molecule has 6 heteroatoms. The zero-order valence-electron chi connectivity index (χ0n) is 14.9. The zero-order chi connectivity index (χ0) is 18.6. The highest BCUT2D eigenvalue weighted by Crippen LogP contribution is 2.30. The van der Waals surface area contributed by atoms with Crippen LogP contribution < -0.4 is 10.2 Å². The molecule has 0 saturated heterocycles. The second-order valence-corrected chi connectivity index (χ2v) is 8.85. The number of likely N-dealkylation sites (N-methyl/N-ethyl adjacent to an activating group) is 1. The molecule has 0 aromatic heterocycles. The van der Waals surface area contributed by atoms with Crippen LogP contribution in [0, 0.1) is 0 Å². The number of hydrogen-bond acceptors (Lipinski definition) is 4. The number of para-hydroxylation sites is 1. The molecule has 138 valence electrons. The summed E-state index contributed by atoms with van der Waals surface area (Å²) >= 11 is 0. The molecule has 0 heterocycles. The molecule has 0 atom stereocenters. The average Bonchev–Trinajstić information content (AvgIpc) is 3.22. The molecule has 0 bridgehead atoms. The molecule has 1 saturated carbocycles. The van der Waals surface area contributed by atoms with E-state index in [1.807, 2.05) is 30.3 Å². The second kappa shape index (κ2) is 7.91. The average molecular weight is 372 g/mol. The summed E-state index contributed by atoms with van der Waals surface area (Å²) in [5.74, 6) is -0.0705. The van der Waals surface area contributed by atoms with Gasteiger partial charge in [-0.05, 0) is 49.2 Å². The van der Waals surface area contributed by atoms with E-state index in [-0.39, 0.29) is 17.7 Å². The molecule has 26 heavy (non-hydrogen) atoms. The van der Waals surface area contributed by atoms with Gasteiger partial charge in [0, 0.05) is 18.4 Å². The Balaban J connectivity index is 1.60. The van der Waals surface area contributed by atoms with Crippen LogP contribution in [0.15, 0.2) is 59.5 Å². The molecule has 1 aliphatic rings. The van der Waals surface area contributed by atoms with Crippen LogP contribution in [0.4, 0.5) is 11.4 Å². The Kier molecular flexibility index (Phi) is 5.61. The number of carbonyl (C=O) groups is 1. The van der Waals surface area contributed by atoms with Crippen LogP contribution in [0.25, 0.3) is 0 Å². The third-order valence-corrected chi connectivity index (χ3v) is 7.16. The van der Waals surface area contributed by atoms with E-state index in [1.165, 1.54) is 0 Å². The standard InChI is InChI=1S/C20H24N2O3S/c1-22(17-7-3-2-4-8-17)20(23)15-21-16-11-13-19(14-12-16)26(24,25)18-9-5-6-10-18/h2-4,7-8,11-14,18,21H,5-6,9-10,15H2,1H3. The van der Waals surface area contributed by atoms with Crippen molar-refractivity contribution in [3.63, 3.8) is 0 Å². The summed E-state index contributed by atoms with van der Waals surface area (Å²) in [4.78, 5) is 14.2. The van der Waals surface area contributed by atoms with E-state index < -0.39 is 9.84 Å². The van der Waals surface area contributed by atoms with E-state index in [1.54, 1.807) is 36.2 Å². The van der Waals surface area contributed by atoms with Gasteiger partial charge in [-0.25, -0.2) is 8.42 Å². The van der Waals surface area contributed by atoms with Crippen molar-refractivity contribution in [1.29, 1.82) is 0 Å². The number of anilines is 2. The molecule has 2 aromatic carbocycles. The molecule has 1 aliphatic carbocycles. The first-order chi connectivity index (χ1) is 12.5. The number of benzene rings is 2. The smallest absolute Gasteiger partial charge is 0.246 e. The lowest BCUT2D eigenvalue weighted by Crippen LogP contribution is -2.32. The van der Waals surface area contributed by atoms with E-state index >= 15 is 0 Å². The minimum Gasteiger partial charge on any atom is -0.376 e. The lowest BCUT2D eigenvalue weighted by molar-refractivity contribution is -0.116. The maximum Gasteiger partial charge on any atom is 0.246 e. The molecule has 1 amide bonds. The van der Waals surface area contributed by atoms with E-state index in [9.17, 15) is 13.2 Å². The molecule has 1 fully saturated rings. The summed E-state index contributed by atoms with van der Waals surface area (Å²) in [6.07, 6.45) is 3.48. The van der Waals surface area contributed by atoms with Gasteiger partial charge in [-0.3, -0.25) is 4.79 Å². The van der Waals surface area contributed by atoms with E-state index in [0.29, 0.717) is 4.90 Å². The molecule has 0 spiro atoms. The summed E-state index contributed by atoms with van der Waals surface area (Å²) < 4.78 is 25.2. The van der Waals surface area contributed by atoms with Crippen molar-refractivity contribution >= 4 is 27.1 Å². The van der Waals surface area contributed by atoms with Crippen molar-refractivity contribution in [2.24, 2.45) is 0 Å². The molecule has 2 aromatic rings. The first kappa shape index (κ1) is 18.5. The van der Waals surface area contributed by atoms with E-state index in [4.69, 9.17) is 0 Å². The Bertz CT molecular complexity index is 842. The molecule has 0 unspecified atom stereocenters. The van der Waals surface area contributed by atoms with E-state index in [2.05, 4.69) is 5.32 Å². The maximum absolute atomic E-state index is 12.6. The predicted octanol–water partition coefficient (Wildman–Crippen LogP) is 3.48.